The summed E-state index contributed by atoms with van der Waals surface area (Å²) in [5.74, 6) is -0.895. The molecule has 1 amide bonds. The van der Waals surface area contributed by atoms with Crippen LogP contribution in [0.1, 0.15) is 23.7 Å². The van der Waals surface area contributed by atoms with Gasteiger partial charge in [-0.05, 0) is 23.6 Å². The second-order valence-corrected chi connectivity index (χ2v) is 5.79. The maximum absolute atomic E-state index is 13.4. The molecule has 0 fully saturated rings. The van der Waals surface area contributed by atoms with Gasteiger partial charge in [0.2, 0.25) is 0 Å². The molecule has 144 valence electrons. The number of halogens is 1. The summed E-state index contributed by atoms with van der Waals surface area (Å²) < 4.78 is 18.4. The van der Waals surface area contributed by atoms with Crippen LogP contribution in [0.15, 0.2) is 48.5 Å². The minimum atomic E-state index is -1.54. The molecule has 0 saturated carbocycles. The van der Waals surface area contributed by atoms with E-state index in [1.165, 1.54) is 0 Å². The maximum Gasteiger partial charge on any atom is 0.407 e. The molecule has 2 rings (SSSR count). The van der Waals surface area contributed by atoms with Gasteiger partial charge in [0, 0.05) is 12.6 Å². The summed E-state index contributed by atoms with van der Waals surface area (Å²) in [5, 5.41) is 33.2. The molecule has 0 heterocycles. The average molecular weight is 378 g/mol. The number of ether oxygens (including phenoxy) is 1. The van der Waals surface area contributed by atoms with Crippen molar-refractivity contribution in [3.8, 4) is 0 Å². The lowest BCUT2D eigenvalue weighted by atomic mass is 10.0. The predicted molar refractivity (Wildman–Crippen MR) is 93.3 cm³/mol. The number of nitrogens with one attached hydrogen (secondary N) is 1. The molecule has 2 aromatic rings. The summed E-state index contributed by atoms with van der Waals surface area (Å²) in [6, 6.07) is 11.7. The molecule has 2 aromatic carbocycles. The van der Waals surface area contributed by atoms with Crippen molar-refractivity contribution in [2.75, 3.05) is 6.54 Å². The molecule has 8 nitrogen and oxygen atoms in total. The van der Waals surface area contributed by atoms with E-state index in [0.29, 0.717) is 6.07 Å². The highest BCUT2D eigenvalue weighted by Gasteiger charge is 2.22. The summed E-state index contributed by atoms with van der Waals surface area (Å²) in [5.41, 5.74) is 0.163. The van der Waals surface area contributed by atoms with E-state index in [1.807, 2.05) is 18.2 Å². The summed E-state index contributed by atoms with van der Waals surface area (Å²) in [4.78, 5) is 21.5. The minimum absolute atomic E-state index is 0.0107. The molecule has 3 N–H and O–H groups in total. The molecule has 27 heavy (non-hydrogen) atoms. The number of hydrogen-bond acceptors (Lipinski definition) is 6. The SMILES string of the molecule is O=C(NCCC(O)C(O)c1cc(F)cc([N+](=O)[O-])c1)OCc1ccccc1. The Balaban J connectivity index is 1.80. The third-order valence-electron chi connectivity index (χ3n) is 3.74. The molecular weight excluding hydrogens is 359 g/mol. The highest BCUT2D eigenvalue weighted by molar-refractivity contribution is 5.67. The predicted octanol–water partition coefficient (Wildman–Crippen LogP) is 2.44. The van der Waals surface area contributed by atoms with Gasteiger partial charge in [0.1, 0.15) is 18.5 Å². The zero-order valence-electron chi connectivity index (χ0n) is 14.2. The largest absolute Gasteiger partial charge is 0.445 e. The van der Waals surface area contributed by atoms with Crippen LogP contribution in [0.5, 0.6) is 0 Å². The first-order valence-electron chi connectivity index (χ1n) is 8.12. The first-order chi connectivity index (χ1) is 12.9. The molecule has 0 aliphatic rings. The fourth-order valence-electron chi connectivity index (χ4n) is 2.35. The molecule has 2 unspecified atom stereocenters. The number of non-ortho nitro benzene ring substituents is 1. The monoisotopic (exact) mass is 378 g/mol. The van der Waals surface area contributed by atoms with E-state index in [2.05, 4.69) is 5.32 Å². The fraction of sp³-hybridized carbons (Fsp3) is 0.278. The molecule has 0 radical (unpaired) electrons. The van der Waals surface area contributed by atoms with Crippen molar-refractivity contribution in [1.82, 2.24) is 5.32 Å². The van der Waals surface area contributed by atoms with Crippen molar-refractivity contribution in [3.05, 3.63) is 75.6 Å². The second-order valence-electron chi connectivity index (χ2n) is 5.79. The van der Waals surface area contributed by atoms with Gasteiger partial charge >= 0.3 is 6.09 Å². The number of nitrogens with zero attached hydrogens (tertiary/aromatic N) is 1. The van der Waals surface area contributed by atoms with E-state index >= 15 is 0 Å². The van der Waals surface area contributed by atoms with E-state index in [-0.39, 0.29) is 25.1 Å². The number of nitro groups is 1. The van der Waals surface area contributed by atoms with E-state index in [9.17, 15) is 29.5 Å². The lowest BCUT2D eigenvalue weighted by molar-refractivity contribution is -0.385. The number of carbonyl (C=O) groups excluding carboxylic acids is 1. The van der Waals surface area contributed by atoms with Crippen molar-refractivity contribution < 1.29 is 29.1 Å². The fourth-order valence-corrected chi connectivity index (χ4v) is 2.35. The first kappa shape index (κ1) is 20.3. The number of nitro benzene ring substituents is 1. The Labute approximate surface area is 154 Å². The van der Waals surface area contributed by atoms with E-state index < -0.39 is 34.7 Å². The van der Waals surface area contributed by atoms with E-state index in [1.54, 1.807) is 12.1 Å². The third-order valence-corrected chi connectivity index (χ3v) is 3.74. The number of amides is 1. The van der Waals surface area contributed by atoms with Crippen molar-refractivity contribution in [1.29, 1.82) is 0 Å². The second kappa shape index (κ2) is 9.60. The summed E-state index contributed by atoms with van der Waals surface area (Å²) in [7, 11) is 0. The van der Waals surface area contributed by atoms with E-state index in [4.69, 9.17) is 4.74 Å². The van der Waals surface area contributed by atoms with Gasteiger partial charge in [0.25, 0.3) is 5.69 Å². The molecule has 0 aliphatic carbocycles. The van der Waals surface area contributed by atoms with Crippen LogP contribution in [0.2, 0.25) is 0 Å². The molecule has 9 heteroatoms. The summed E-state index contributed by atoms with van der Waals surface area (Å²) in [6.07, 6.45) is -3.66. The molecule has 0 saturated heterocycles. The Bertz CT molecular complexity index is 787. The topological polar surface area (TPSA) is 122 Å². The van der Waals surface area contributed by atoms with Crippen LogP contribution in [0.3, 0.4) is 0 Å². The Morgan fingerprint density at radius 1 is 1.22 bits per heavy atom. The quantitative estimate of drug-likeness (QED) is 0.479. The molecule has 0 bridgehead atoms. The van der Waals surface area contributed by atoms with E-state index in [0.717, 1.165) is 17.7 Å². The van der Waals surface area contributed by atoms with Gasteiger partial charge in [0.15, 0.2) is 0 Å². The van der Waals surface area contributed by atoms with Crippen LogP contribution in [-0.4, -0.2) is 33.9 Å². The number of carbonyl (C=O) groups is 1. The molecular formula is C18H19FN2O6. The third kappa shape index (κ3) is 6.32. The number of hydrogen-bond donors (Lipinski definition) is 3. The standard InChI is InChI=1S/C18H19FN2O6/c19-14-8-13(9-15(10-14)21(25)26)17(23)16(22)6-7-20-18(24)27-11-12-4-2-1-3-5-12/h1-5,8-10,16-17,22-23H,6-7,11H2,(H,20,24). The lowest BCUT2D eigenvalue weighted by Gasteiger charge is -2.18. The van der Waals surface area contributed by atoms with Gasteiger partial charge in [-0.1, -0.05) is 30.3 Å². The van der Waals surface area contributed by atoms with Crippen molar-refractivity contribution >= 4 is 11.8 Å². The Morgan fingerprint density at radius 3 is 2.59 bits per heavy atom. The van der Waals surface area contributed by atoms with Crippen molar-refractivity contribution in [3.63, 3.8) is 0 Å². The van der Waals surface area contributed by atoms with Crippen molar-refractivity contribution in [2.24, 2.45) is 0 Å². The van der Waals surface area contributed by atoms with Gasteiger partial charge in [-0.15, -0.1) is 0 Å². The number of benzene rings is 2. The maximum atomic E-state index is 13.4. The Morgan fingerprint density at radius 2 is 1.93 bits per heavy atom. The highest BCUT2D eigenvalue weighted by atomic mass is 19.1. The van der Waals surface area contributed by atoms with Gasteiger partial charge < -0.3 is 20.3 Å². The minimum Gasteiger partial charge on any atom is -0.445 e. The van der Waals surface area contributed by atoms with Crippen LogP contribution in [0, 0.1) is 15.9 Å². The Hall–Kier alpha value is -3.04. The van der Waals surface area contributed by atoms with Gasteiger partial charge in [-0.2, -0.15) is 0 Å². The molecule has 0 spiro atoms. The van der Waals surface area contributed by atoms with Crippen LogP contribution in [-0.2, 0) is 11.3 Å². The average Bonchev–Trinajstić information content (AvgIpc) is 2.66. The number of alkyl carbamates (subject to hydrolysis) is 1. The summed E-state index contributed by atoms with van der Waals surface area (Å²) in [6.45, 7) is 0.0775. The lowest BCUT2D eigenvalue weighted by Crippen LogP contribution is -2.29. The number of aliphatic hydroxyl groups excluding tert-OH is 2. The zero-order valence-corrected chi connectivity index (χ0v) is 14.2. The normalized spacial score (nSPS) is 12.9. The Kier molecular flexibility index (Phi) is 7.21. The highest BCUT2D eigenvalue weighted by Crippen LogP contribution is 2.24. The smallest absolute Gasteiger partial charge is 0.407 e. The van der Waals surface area contributed by atoms with Gasteiger partial charge in [-0.25, -0.2) is 9.18 Å². The van der Waals surface area contributed by atoms with Gasteiger partial charge in [-0.3, -0.25) is 10.1 Å². The molecule has 2 atom stereocenters. The van der Waals surface area contributed by atoms with Crippen molar-refractivity contribution in [2.45, 2.75) is 25.2 Å². The molecule has 0 aliphatic heterocycles. The van der Waals surface area contributed by atoms with Crippen LogP contribution >= 0.6 is 0 Å². The molecule has 0 aromatic heterocycles. The van der Waals surface area contributed by atoms with Gasteiger partial charge in [0.05, 0.1) is 17.1 Å². The van der Waals surface area contributed by atoms with Crippen LogP contribution < -0.4 is 5.32 Å². The number of aliphatic hydroxyl groups is 2. The van der Waals surface area contributed by atoms with Crippen LogP contribution in [0.4, 0.5) is 14.9 Å². The van der Waals surface area contributed by atoms with Crippen LogP contribution in [0.25, 0.3) is 0 Å². The zero-order chi connectivity index (χ0) is 19.8. The first-order valence-corrected chi connectivity index (χ1v) is 8.12. The summed E-state index contributed by atoms with van der Waals surface area (Å²) >= 11 is 0. The number of rotatable bonds is 8.